The molecule has 132 valence electrons. The molecule has 1 fully saturated rings. The summed E-state index contributed by atoms with van der Waals surface area (Å²) < 4.78 is 5.94. The Balaban J connectivity index is 1.92. The Hall–Kier alpha value is -1.08. The summed E-state index contributed by atoms with van der Waals surface area (Å²) in [6.45, 7) is 14.9. The summed E-state index contributed by atoms with van der Waals surface area (Å²) >= 11 is 0. The van der Waals surface area contributed by atoms with E-state index in [1.54, 1.807) is 11.1 Å². The minimum atomic E-state index is 0.296. The van der Waals surface area contributed by atoms with E-state index in [9.17, 15) is 0 Å². The molecule has 3 rings (SSSR count). The zero-order valence-corrected chi connectivity index (χ0v) is 16.0. The van der Waals surface area contributed by atoms with Crippen LogP contribution in [0, 0.1) is 11.3 Å². The van der Waals surface area contributed by atoms with Gasteiger partial charge in [-0.3, -0.25) is 0 Å². The Labute approximate surface area is 148 Å². The van der Waals surface area contributed by atoms with E-state index in [0.29, 0.717) is 23.4 Å². The Morgan fingerprint density at radius 1 is 1.29 bits per heavy atom. The maximum Gasteiger partial charge on any atom is 0.0645 e. The molecule has 0 amide bonds. The van der Waals surface area contributed by atoms with Crippen LogP contribution in [0.2, 0.25) is 0 Å². The first-order chi connectivity index (χ1) is 11.4. The van der Waals surface area contributed by atoms with Crippen molar-refractivity contribution in [2.45, 2.75) is 71.1 Å². The van der Waals surface area contributed by atoms with E-state index in [1.807, 2.05) is 6.08 Å². The molecule has 0 aliphatic heterocycles. The van der Waals surface area contributed by atoms with Gasteiger partial charge in [-0.15, -0.1) is 6.58 Å². The van der Waals surface area contributed by atoms with Crippen LogP contribution in [0.5, 0.6) is 0 Å². The summed E-state index contributed by atoms with van der Waals surface area (Å²) in [5, 5.41) is 0. The second-order valence-electron chi connectivity index (χ2n) is 8.89. The van der Waals surface area contributed by atoms with Gasteiger partial charge < -0.3 is 4.74 Å². The van der Waals surface area contributed by atoms with Crippen molar-refractivity contribution in [1.29, 1.82) is 0 Å². The molecule has 1 nitrogen and oxygen atoms in total. The molecule has 2 aliphatic rings. The Morgan fingerprint density at radius 3 is 2.79 bits per heavy atom. The molecule has 24 heavy (non-hydrogen) atoms. The number of hydrogen-bond donors (Lipinski definition) is 0. The van der Waals surface area contributed by atoms with Gasteiger partial charge >= 0.3 is 0 Å². The molecule has 3 atom stereocenters. The molecule has 1 aromatic rings. The molecule has 0 radical (unpaired) electrons. The zero-order chi connectivity index (χ0) is 17.4. The van der Waals surface area contributed by atoms with E-state index >= 15 is 0 Å². The normalized spacial score (nSPS) is 32.3. The van der Waals surface area contributed by atoms with Crippen molar-refractivity contribution in [3.8, 4) is 0 Å². The number of hydrogen-bond acceptors (Lipinski definition) is 1. The van der Waals surface area contributed by atoms with Gasteiger partial charge in [0.15, 0.2) is 0 Å². The lowest BCUT2D eigenvalue weighted by Gasteiger charge is -2.55. The van der Waals surface area contributed by atoms with E-state index in [0.717, 1.165) is 12.5 Å². The largest absolute Gasteiger partial charge is 0.377 e. The molecular formula is C23H34O. The van der Waals surface area contributed by atoms with Gasteiger partial charge in [0.05, 0.1) is 13.2 Å². The van der Waals surface area contributed by atoms with Crippen molar-refractivity contribution in [3.05, 3.63) is 47.5 Å². The van der Waals surface area contributed by atoms with E-state index < -0.39 is 0 Å². The highest BCUT2D eigenvalue weighted by atomic mass is 16.5. The molecule has 0 spiro atoms. The topological polar surface area (TPSA) is 9.23 Å². The minimum Gasteiger partial charge on any atom is -0.377 e. The fourth-order valence-corrected chi connectivity index (χ4v) is 5.55. The quantitative estimate of drug-likeness (QED) is 0.474. The second-order valence-corrected chi connectivity index (χ2v) is 8.89. The van der Waals surface area contributed by atoms with Crippen molar-refractivity contribution in [3.63, 3.8) is 0 Å². The van der Waals surface area contributed by atoms with Crippen molar-refractivity contribution >= 4 is 0 Å². The lowest BCUT2D eigenvalue weighted by molar-refractivity contribution is -0.0401. The molecule has 2 aliphatic carbocycles. The second kappa shape index (κ2) is 6.67. The van der Waals surface area contributed by atoms with E-state index in [2.05, 4.69) is 52.5 Å². The van der Waals surface area contributed by atoms with Crippen molar-refractivity contribution in [2.24, 2.45) is 11.3 Å². The molecule has 0 N–H and O–H groups in total. The first kappa shape index (κ1) is 17.7. The average Bonchev–Trinajstić information content (AvgIpc) is 2.54. The third kappa shape index (κ3) is 2.96. The number of fused-ring (bicyclic) bond motifs is 3. The summed E-state index contributed by atoms with van der Waals surface area (Å²) in [4.78, 5) is 0. The number of ether oxygens (including phenoxy) is 1. The van der Waals surface area contributed by atoms with Crippen LogP contribution in [0.3, 0.4) is 0 Å². The monoisotopic (exact) mass is 326 g/mol. The minimum absolute atomic E-state index is 0.296. The van der Waals surface area contributed by atoms with Crippen LogP contribution in [0.4, 0.5) is 0 Å². The molecule has 1 saturated carbocycles. The summed E-state index contributed by atoms with van der Waals surface area (Å²) in [6, 6.07) is 7.31. The third-order valence-electron chi connectivity index (χ3n) is 6.84. The molecule has 1 aromatic carbocycles. The van der Waals surface area contributed by atoms with Gasteiger partial charge in [0.1, 0.15) is 0 Å². The van der Waals surface area contributed by atoms with Crippen molar-refractivity contribution in [1.82, 2.24) is 0 Å². The smallest absolute Gasteiger partial charge is 0.0645 e. The first-order valence-corrected chi connectivity index (χ1v) is 9.73. The molecule has 0 bridgehead atoms. The van der Waals surface area contributed by atoms with Gasteiger partial charge in [-0.2, -0.15) is 0 Å². The van der Waals surface area contributed by atoms with Gasteiger partial charge in [-0.25, -0.2) is 0 Å². The summed E-state index contributed by atoms with van der Waals surface area (Å²) in [6.07, 6.45) is 8.33. The number of rotatable bonds is 5. The molecule has 0 saturated heterocycles. The molecule has 0 unspecified atom stereocenters. The Bertz CT molecular complexity index is 602. The predicted molar refractivity (Wildman–Crippen MR) is 103 cm³/mol. The zero-order valence-electron chi connectivity index (χ0n) is 16.0. The molecular weight excluding hydrogens is 292 g/mol. The van der Waals surface area contributed by atoms with Crippen LogP contribution in [0.15, 0.2) is 30.9 Å². The Kier molecular flexibility index (Phi) is 4.93. The van der Waals surface area contributed by atoms with Crippen LogP contribution in [-0.4, -0.2) is 13.2 Å². The first-order valence-electron chi connectivity index (χ1n) is 9.73. The Morgan fingerprint density at radius 2 is 2.08 bits per heavy atom. The lowest BCUT2D eigenvalue weighted by atomic mass is 9.50. The number of benzene rings is 1. The van der Waals surface area contributed by atoms with E-state index in [-0.39, 0.29) is 0 Å². The summed E-state index contributed by atoms with van der Waals surface area (Å²) in [5.74, 6) is 1.34. The van der Waals surface area contributed by atoms with E-state index in [4.69, 9.17) is 4.74 Å². The molecule has 1 heteroatoms. The number of aryl methyl sites for hydroxylation is 1. The van der Waals surface area contributed by atoms with Crippen LogP contribution >= 0.6 is 0 Å². The van der Waals surface area contributed by atoms with Crippen LogP contribution < -0.4 is 0 Å². The van der Waals surface area contributed by atoms with Gasteiger partial charge in [-0.05, 0) is 65.0 Å². The van der Waals surface area contributed by atoms with Crippen molar-refractivity contribution < 1.29 is 4.74 Å². The van der Waals surface area contributed by atoms with E-state index in [1.165, 1.54) is 37.7 Å². The predicted octanol–water partition coefficient (Wildman–Crippen LogP) is 6.02. The maximum absolute atomic E-state index is 5.94. The highest BCUT2D eigenvalue weighted by Crippen LogP contribution is 2.57. The van der Waals surface area contributed by atoms with Crippen molar-refractivity contribution in [2.75, 3.05) is 13.2 Å². The fraction of sp³-hybridized carbons (Fsp3) is 0.652. The van der Waals surface area contributed by atoms with Gasteiger partial charge in [-0.1, -0.05) is 58.4 Å². The summed E-state index contributed by atoms with van der Waals surface area (Å²) in [5.41, 5.74) is 5.33. The van der Waals surface area contributed by atoms with Gasteiger partial charge in [0.25, 0.3) is 0 Å². The van der Waals surface area contributed by atoms with Crippen LogP contribution in [0.25, 0.3) is 0 Å². The van der Waals surface area contributed by atoms with Gasteiger partial charge in [0, 0.05) is 0 Å². The lowest BCUT2D eigenvalue weighted by Crippen LogP contribution is -2.50. The standard InChI is InChI=1S/C23H34O/c1-6-14-24-16-22(4)12-7-13-23(5)20-10-8-18(17(2)3)15-19(20)9-11-21(22)23/h6,8,10,15,17,21H,1,7,9,11-14,16H2,2-5H3/t21-,22-,23+/m0/s1. The third-order valence-corrected chi connectivity index (χ3v) is 6.84. The maximum atomic E-state index is 5.94. The fourth-order valence-electron chi connectivity index (χ4n) is 5.55. The average molecular weight is 327 g/mol. The molecule has 0 aromatic heterocycles. The van der Waals surface area contributed by atoms with Crippen LogP contribution in [-0.2, 0) is 16.6 Å². The van der Waals surface area contributed by atoms with Crippen LogP contribution in [0.1, 0.15) is 76.0 Å². The van der Waals surface area contributed by atoms with Gasteiger partial charge in [0.2, 0.25) is 0 Å². The molecule has 0 heterocycles. The highest BCUT2D eigenvalue weighted by molar-refractivity contribution is 5.42. The highest BCUT2D eigenvalue weighted by Gasteiger charge is 2.51. The summed E-state index contributed by atoms with van der Waals surface area (Å²) in [7, 11) is 0. The SMILES string of the molecule is C=CCOC[C@]1(C)CCC[C@]2(C)c3ccc(C(C)C)cc3CC[C@@H]12.